The number of morpholine rings is 1. The van der Waals surface area contributed by atoms with Gasteiger partial charge in [-0.05, 0) is 68.4 Å². The van der Waals surface area contributed by atoms with Gasteiger partial charge in [-0.25, -0.2) is 9.97 Å². The Morgan fingerprint density at radius 2 is 1.74 bits per heavy atom. The number of likely N-dealkylation sites (N-methyl/N-ethyl adjacent to an activating group) is 1. The van der Waals surface area contributed by atoms with Crippen LogP contribution in [-0.4, -0.2) is 66.2 Å². The van der Waals surface area contributed by atoms with E-state index >= 15 is 0 Å². The van der Waals surface area contributed by atoms with Crippen LogP contribution >= 0.6 is 0 Å². The Morgan fingerprint density at radius 3 is 2.49 bits per heavy atom. The van der Waals surface area contributed by atoms with Gasteiger partial charge in [0, 0.05) is 41.9 Å². The number of rotatable bonds is 7. The molecule has 2 saturated heterocycles. The van der Waals surface area contributed by atoms with Gasteiger partial charge in [0.15, 0.2) is 0 Å². The molecule has 2 fully saturated rings. The van der Waals surface area contributed by atoms with E-state index < -0.39 is 0 Å². The minimum Gasteiger partial charge on any atom is -0.378 e. The highest BCUT2D eigenvalue weighted by atomic mass is 16.5. The van der Waals surface area contributed by atoms with Crippen LogP contribution in [0.1, 0.15) is 19.8 Å². The molecule has 3 heterocycles. The molecule has 0 saturated carbocycles. The number of nitrogens with one attached hydrogen (secondary N) is 2. The summed E-state index contributed by atoms with van der Waals surface area (Å²) in [6.07, 6.45) is 3.75. The van der Waals surface area contributed by atoms with E-state index in [1.807, 2.05) is 42.5 Å². The van der Waals surface area contributed by atoms with E-state index in [4.69, 9.17) is 4.74 Å². The van der Waals surface area contributed by atoms with Crippen molar-refractivity contribution in [2.75, 3.05) is 54.9 Å². The maximum absolute atomic E-state index is 12.7. The average molecular weight is 473 g/mol. The van der Waals surface area contributed by atoms with Crippen LogP contribution in [0, 0.1) is 0 Å². The number of benzene rings is 2. The van der Waals surface area contributed by atoms with Crippen molar-refractivity contribution in [3.63, 3.8) is 0 Å². The van der Waals surface area contributed by atoms with Gasteiger partial charge in [-0.3, -0.25) is 9.69 Å². The number of nitrogens with zero attached hydrogens (tertiary/aromatic N) is 4. The molecule has 3 aromatic rings. The van der Waals surface area contributed by atoms with Crippen LogP contribution in [0.2, 0.25) is 0 Å². The maximum Gasteiger partial charge on any atom is 0.241 e. The molecule has 8 nitrogen and oxygen atoms in total. The van der Waals surface area contributed by atoms with Crippen LogP contribution in [0.15, 0.2) is 60.8 Å². The van der Waals surface area contributed by atoms with E-state index in [1.54, 1.807) is 6.20 Å². The third-order valence-electron chi connectivity index (χ3n) is 6.68. The van der Waals surface area contributed by atoms with E-state index in [9.17, 15) is 4.79 Å². The predicted molar refractivity (Wildman–Crippen MR) is 139 cm³/mol. The fourth-order valence-corrected chi connectivity index (χ4v) is 4.74. The number of hydrogen-bond acceptors (Lipinski definition) is 7. The third kappa shape index (κ3) is 5.61. The maximum atomic E-state index is 12.7. The highest BCUT2D eigenvalue weighted by molar-refractivity contribution is 5.95. The Hall–Kier alpha value is -3.49. The third-order valence-corrected chi connectivity index (χ3v) is 6.68. The fraction of sp³-hybridized carbons (Fsp3) is 0.370. The molecule has 0 spiro atoms. The van der Waals surface area contributed by atoms with Gasteiger partial charge in [-0.15, -0.1) is 0 Å². The van der Waals surface area contributed by atoms with Crippen LogP contribution in [0.4, 0.5) is 23.0 Å². The van der Waals surface area contributed by atoms with Gasteiger partial charge >= 0.3 is 0 Å². The van der Waals surface area contributed by atoms with Gasteiger partial charge in [0.2, 0.25) is 11.9 Å². The van der Waals surface area contributed by atoms with Crippen molar-refractivity contribution < 1.29 is 9.53 Å². The van der Waals surface area contributed by atoms with Crippen molar-refractivity contribution in [2.24, 2.45) is 0 Å². The summed E-state index contributed by atoms with van der Waals surface area (Å²) in [7, 11) is 0. The molecule has 1 unspecified atom stereocenters. The zero-order valence-electron chi connectivity index (χ0n) is 20.1. The molecule has 0 radical (unpaired) electrons. The van der Waals surface area contributed by atoms with E-state index in [1.165, 1.54) is 5.69 Å². The number of amides is 1. The summed E-state index contributed by atoms with van der Waals surface area (Å²) in [5.74, 6) is 0.616. The lowest BCUT2D eigenvalue weighted by atomic mass is 10.1. The number of carbonyl (C=O) groups excluding carboxylic acids is 1. The number of likely N-dealkylation sites (tertiary alicyclic amines) is 1. The van der Waals surface area contributed by atoms with E-state index in [-0.39, 0.29) is 11.9 Å². The lowest BCUT2D eigenvalue weighted by Crippen LogP contribution is -2.39. The summed E-state index contributed by atoms with van der Waals surface area (Å²) in [5.41, 5.74) is 4.71. The molecule has 1 atom stereocenters. The van der Waals surface area contributed by atoms with Crippen LogP contribution < -0.4 is 15.5 Å². The van der Waals surface area contributed by atoms with Gasteiger partial charge in [0.05, 0.1) is 24.9 Å². The van der Waals surface area contributed by atoms with Crippen molar-refractivity contribution in [3.8, 4) is 11.3 Å². The van der Waals surface area contributed by atoms with Crippen molar-refractivity contribution in [2.45, 2.75) is 25.8 Å². The van der Waals surface area contributed by atoms with Gasteiger partial charge in [0.25, 0.3) is 0 Å². The molecule has 2 aliphatic heterocycles. The first-order valence-corrected chi connectivity index (χ1v) is 12.4. The number of hydrogen-bond donors (Lipinski definition) is 2. The zero-order chi connectivity index (χ0) is 24.0. The van der Waals surface area contributed by atoms with E-state index in [0.29, 0.717) is 5.95 Å². The molecule has 5 rings (SSSR count). The van der Waals surface area contributed by atoms with Crippen molar-refractivity contribution in [3.05, 3.63) is 60.8 Å². The average Bonchev–Trinajstić information content (AvgIpc) is 3.40. The second kappa shape index (κ2) is 10.8. The molecule has 1 amide bonds. The lowest BCUT2D eigenvalue weighted by Gasteiger charge is -2.28. The Labute approximate surface area is 206 Å². The van der Waals surface area contributed by atoms with Gasteiger partial charge in [-0.1, -0.05) is 19.1 Å². The molecule has 0 aliphatic carbocycles. The Morgan fingerprint density at radius 1 is 1.00 bits per heavy atom. The van der Waals surface area contributed by atoms with Crippen LogP contribution in [0.3, 0.4) is 0 Å². The number of anilines is 4. The Balaban J connectivity index is 1.22. The summed E-state index contributed by atoms with van der Waals surface area (Å²) in [5, 5.41) is 6.36. The highest BCUT2D eigenvalue weighted by Gasteiger charge is 2.29. The minimum absolute atomic E-state index is 0.0295. The summed E-state index contributed by atoms with van der Waals surface area (Å²) in [6.45, 7) is 7.37. The van der Waals surface area contributed by atoms with Crippen LogP contribution in [0.25, 0.3) is 11.3 Å². The second-order valence-corrected chi connectivity index (χ2v) is 8.89. The predicted octanol–water partition coefficient (Wildman–Crippen LogP) is 4.15. The van der Waals surface area contributed by atoms with E-state index in [2.05, 4.69) is 49.5 Å². The highest BCUT2D eigenvalue weighted by Crippen LogP contribution is 2.24. The fourth-order valence-electron chi connectivity index (χ4n) is 4.74. The topological polar surface area (TPSA) is 82.6 Å². The second-order valence-electron chi connectivity index (χ2n) is 8.89. The van der Waals surface area contributed by atoms with Crippen LogP contribution in [0.5, 0.6) is 0 Å². The molecule has 2 N–H and O–H groups in total. The minimum atomic E-state index is -0.0295. The number of aromatic nitrogens is 2. The van der Waals surface area contributed by atoms with E-state index in [0.717, 1.165) is 74.9 Å². The van der Waals surface area contributed by atoms with Crippen molar-refractivity contribution >= 4 is 28.9 Å². The molecule has 0 bridgehead atoms. The SMILES string of the molecule is CCN1CCCC1C(=O)Nc1ccc(-c2ccnc(Nc3ccc(N4CCOCC4)cc3)n2)cc1. The summed E-state index contributed by atoms with van der Waals surface area (Å²) < 4.78 is 5.43. The van der Waals surface area contributed by atoms with Gasteiger partial charge < -0.3 is 20.3 Å². The molecular weight excluding hydrogens is 440 g/mol. The Kier molecular flexibility index (Phi) is 7.20. The summed E-state index contributed by atoms with van der Waals surface area (Å²) >= 11 is 0. The smallest absolute Gasteiger partial charge is 0.241 e. The lowest BCUT2D eigenvalue weighted by molar-refractivity contribution is -0.120. The summed E-state index contributed by atoms with van der Waals surface area (Å²) in [4.78, 5) is 26.3. The molecular formula is C27H32N6O2. The first-order chi connectivity index (χ1) is 17.2. The normalized spacial score (nSPS) is 18.4. The first-order valence-electron chi connectivity index (χ1n) is 12.4. The molecule has 2 aromatic carbocycles. The number of carbonyl (C=O) groups is 1. The van der Waals surface area contributed by atoms with Crippen LogP contribution in [-0.2, 0) is 9.53 Å². The van der Waals surface area contributed by atoms with Crippen molar-refractivity contribution in [1.82, 2.24) is 14.9 Å². The molecule has 1 aromatic heterocycles. The zero-order valence-corrected chi connectivity index (χ0v) is 20.1. The molecule has 182 valence electrons. The first kappa shape index (κ1) is 23.3. The van der Waals surface area contributed by atoms with Gasteiger partial charge in [-0.2, -0.15) is 0 Å². The monoisotopic (exact) mass is 472 g/mol. The molecule has 35 heavy (non-hydrogen) atoms. The largest absolute Gasteiger partial charge is 0.378 e. The van der Waals surface area contributed by atoms with Gasteiger partial charge in [0.1, 0.15) is 0 Å². The van der Waals surface area contributed by atoms with Crippen molar-refractivity contribution in [1.29, 1.82) is 0 Å². The molecule has 2 aliphatic rings. The Bertz CT molecular complexity index is 1130. The standard InChI is InChI=1S/C27H32N6O2/c1-2-32-15-3-4-25(32)26(34)29-21-7-5-20(6-8-21)24-13-14-28-27(31-24)30-22-9-11-23(12-10-22)33-16-18-35-19-17-33/h5-14,25H,2-4,15-19H2,1H3,(H,29,34)(H,28,30,31). The summed E-state index contributed by atoms with van der Waals surface area (Å²) in [6, 6.07) is 18.0. The number of ether oxygens (including phenoxy) is 1. The molecule has 8 heteroatoms. The quantitative estimate of drug-likeness (QED) is 0.535.